The molecule has 0 aromatic heterocycles. The highest BCUT2D eigenvalue weighted by molar-refractivity contribution is 8.93. The normalized spacial score (nSPS) is 12.0. The molecule has 0 aliphatic rings. The molecule has 2 aromatic carbocycles. The van der Waals surface area contributed by atoms with E-state index in [1.807, 2.05) is 0 Å². The molecule has 2 aromatic rings. The zero-order chi connectivity index (χ0) is 25.3. The van der Waals surface area contributed by atoms with Crippen LogP contribution in [0.5, 0.6) is 5.75 Å². The maximum atomic E-state index is 12.3. The van der Waals surface area contributed by atoms with Gasteiger partial charge in [0.1, 0.15) is 17.5 Å². The van der Waals surface area contributed by atoms with Crippen LogP contribution in [0.1, 0.15) is 24.8 Å². The summed E-state index contributed by atoms with van der Waals surface area (Å²) in [6, 6.07) is 7.10. The minimum atomic E-state index is -1.22. The van der Waals surface area contributed by atoms with Crippen LogP contribution < -0.4 is 16.4 Å². The molecule has 0 spiro atoms. The molecular weight excluding hydrogens is 530 g/mol. The maximum Gasteiger partial charge on any atom is 0.326 e. The first-order valence-corrected chi connectivity index (χ1v) is 10.3. The van der Waals surface area contributed by atoms with Crippen molar-refractivity contribution in [1.29, 1.82) is 0 Å². The number of nitro benzene ring substituents is 2. The minimum Gasteiger partial charge on any atom is -0.508 e. The Balaban J connectivity index is 0.00000612. The van der Waals surface area contributed by atoms with Gasteiger partial charge in [0, 0.05) is 19.0 Å². The third-order valence-electron chi connectivity index (χ3n) is 4.97. The number of halogens is 1. The molecule has 6 N–H and O–H groups in total. The van der Waals surface area contributed by atoms with Crippen LogP contribution in [0.15, 0.2) is 42.5 Å². The summed E-state index contributed by atoms with van der Waals surface area (Å²) in [5.74, 6) is -1.80. The fraction of sp³-hybridized carbons (Fsp3) is 0.333. The van der Waals surface area contributed by atoms with Crippen molar-refractivity contribution < 1.29 is 29.6 Å². The molecule has 0 saturated heterocycles. The van der Waals surface area contributed by atoms with Crippen molar-refractivity contribution in [3.63, 3.8) is 0 Å². The number of phenols is 1. The first kappa shape index (κ1) is 29.3. The van der Waals surface area contributed by atoms with Gasteiger partial charge >= 0.3 is 5.97 Å². The number of carboxylic acid groups (broad SMARTS) is 1. The Bertz CT molecular complexity index is 1050. The standard InChI is InChI=1S/C21H25N5O8.BrH/c22-16(20(28)24-18(21(29)30)11-13-4-7-15(27)8-5-13)3-1-2-10-23-17-9-6-14(25(31)32)12-19(17)26(33)34;/h4-9,12,16,18,23,27H,1-3,10-11,22H2,(H,24,28)(H,29,30);1H. The number of phenolic OH excluding ortho intramolecular Hbond substituents is 1. The van der Waals surface area contributed by atoms with Gasteiger partial charge in [-0.05, 0) is 43.0 Å². The zero-order valence-corrected chi connectivity index (χ0v) is 20.2. The molecule has 14 heteroatoms. The van der Waals surface area contributed by atoms with E-state index in [9.17, 15) is 40.0 Å². The number of anilines is 1. The molecule has 2 rings (SSSR count). The third-order valence-corrected chi connectivity index (χ3v) is 4.97. The number of carbonyl (C=O) groups excluding carboxylic acids is 1. The molecular formula is C21H26BrN5O8. The minimum absolute atomic E-state index is 0. The summed E-state index contributed by atoms with van der Waals surface area (Å²) in [4.78, 5) is 44.3. The molecule has 1 amide bonds. The number of nitrogens with one attached hydrogen (secondary N) is 2. The number of unbranched alkanes of at least 4 members (excludes halogenated alkanes) is 1. The first-order valence-electron chi connectivity index (χ1n) is 10.3. The zero-order valence-electron chi connectivity index (χ0n) is 18.5. The Hall–Kier alpha value is -3.78. The first-order chi connectivity index (χ1) is 16.1. The summed E-state index contributed by atoms with van der Waals surface area (Å²) < 4.78 is 0. The molecule has 0 heterocycles. The number of nitrogens with two attached hydrogens (primary N) is 1. The van der Waals surface area contributed by atoms with Gasteiger partial charge in [-0.3, -0.25) is 25.0 Å². The smallest absolute Gasteiger partial charge is 0.326 e. The number of nitro groups is 2. The second-order valence-electron chi connectivity index (χ2n) is 7.51. The fourth-order valence-corrected chi connectivity index (χ4v) is 3.12. The molecule has 0 radical (unpaired) electrons. The van der Waals surface area contributed by atoms with Crippen molar-refractivity contribution in [2.45, 2.75) is 37.8 Å². The lowest BCUT2D eigenvalue weighted by molar-refractivity contribution is -0.393. The molecule has 0 saturated carbocycles. The van der Waals surface area contributed by atoms with Crippen LogP contribution in [0.25, 0.3) is 0 Å². The lowest BCUT2D eigenvalue weighted by Gasteiger charge is -2.18. The van der Waals surface area contributed by atoms with Crippen LogP contribution in [0.3, 0.4) is 0 Å². The van der Waals surface area contributed by atoms with Gasteiger partial charge in [-0.25, -0.2) is 4.79 Å². The number of aromatic hydroxyl groups is 1. The van der Waals surface area contributed by atoms with Crippen LogP contribution in [-0.4, -0.2) is 50.6 Å². The highest BCUT2D eigenvalue weighted by Gasteiger charge is 2.24. The van der Waals surface area contributed by atoms with E-state index in [0.717, 1.165) is 12.1 Å². The van der Waals surface area contributed by atoms with Crippen molar-refractivity contribution in [3.8, 4) is 5.75 Å². The summed E-state index contributed by atoms with van der Waals surface area (Å²) in [5.41, 5.74) is 5.81. The van der Waals surface area contributed by atoms with Crippen LogP contribution in [0, 0.1) is 20.2 Å². The van der Waals surface area contributed by atoms with Gasteiger partial charge in [-0.2, -0.15) is 0 Å². The third kappa shape index (κ3) is 9.17. The van der Waals surface area contributed by atoms with Crippen LogP contribution >= 0.6 is 17.0 Å². The number of nitrogens with zero attached hydrogens (tertiary/aromatic N) is 2. The fourth-order valence-electron chi connectivity index (χ4n) is 3.12. The van der Waals surface area contributed by atoms with Gasteiger partial charge in [0.25, 0.3) is 11.4 Å². The number of non-ortho nitro benzene ring substituents is 1. The SMILES string of the molecule is Br.NC(CCCCNc1ccc([N+](=O)[O-])cc1[N+](=O)[O-])C(=O)NC(Cc1ccc(O)cc1)C(=O)O. The number of hydrogen-bond acceptors (Lipinski definition) is 9. The lowest BCUT2D eigenvalue weighted by Crippen LogP contribution is -2.49. The van der Waals surface area contributed by atoms with E-state index in [-0.39, 0.29) is 46.9 Å². The number of carbonyl (C=O) groups is 2. The number of hydrogen-bond donors (Lipinski definition) is 5. The van der Waals surface area contributed by atoms with E-state index in [2.05, 4.69) is 10.6 Å². The van der Waals surface area contributed by atoms with E-state index in [4.69, 9.17) is 5.73 Å². The van der Waals surface area contributed by atoms with E-state index >= 15 is 0 Å². The van der Waals surface area contributed by atoms with E-state index in [1.54, 1.807) is 12.1 Å². The van der Waals surface area contributed by atoms with E-state index in [0.29, 0.717) is 24.9 Å². The Morgan fingerprint density at radius 1 is 1.03 bits per heavy atom. The predicted octanol–water partition coefficient (Wildman–Crippen LogP) is 2.51. The van der Waals surface area contributed by atoms with Gasteiger partial charge in [0.2, 0.25) is 5.91 Å². The lowest BCUT2D eigenvalue weighted by atomic mass is 10.0. The Labute approximate surface area is 210 Å². The van der Waals surface area contributed by atoms with Crippen molar-refractivity contribution in [2.75, 3.05) is 11.9 Å². The topological polar surface area (TPSA) is 211 Å². The quantitative estimate of drug-likeness (QED) is 0.138. The van der Waals surface area contributed by atoms with Gasteiger partial charge in [-0.15, -0.1) is 17.0 Å². The second kappa shape index (κ2) is 13.8. The van der Waals surface area contributed by atoms with E-state index in [1.165, 1.54) is 18.2 Å². The van der Waals surface area contributed by atoms with Crippen molar-refractivity contribution >= 4 is 45.9 Å². The van der Waals surface area contributed by atoms with Crippen molar-refractivity contribution in [2.24, 2.45) is 5.73 Å². The number of amides is 1. The highest BCUT2D eigenvalue weighted by Crippen LogP contribution is 2.28. The van der Waals surface area contributed by atoms with Crippen LogP contribution in [0.4, 0.5) is 17.1 Å². The summed E-state index contributed by atoms with van der Waals surface area (Å²) in [6.45, 7) is 0.297. The molecule has 0 fully saturated rings. The Morgan fingerprint density at radius 2 is 1.69 bits per heavy atom. The van der Waals surface area contributed by atoms with Crippen LogP contribution in [-0.2, 0) is 16.0 Å². The largest absolute Gasteiger partial charge is 0.508 e. The molecule has 190 valence electrons. The predicted molar refractivity (Wildman–Crippen MR) is 132 cm³/mol. The van der Waals surface area contributed by atoms with Gasteiger partial charge < -0.3 is 26.6 Å². The maximum absolute atomic E-state index is 12.3. The number of benzene rings is 2. The molecule has 0 bridgehead atoms. The van der Waals surface area contributed by atoms with Crippen molar-refractivity contribution in [1.82, 2.24) is 5.32 Å². The van der Waals surface area contributed by atoms with Gasteiger partial charge in [0.05, 0.1) is 22.0 Å². The average Bonchev–Trinajstić information content (AvgIpc) is 2.79. The van der Waals surface area contributed by atoms with Gasteiger partial charge in [-0.1, -0.05) is 12.1 Å². The number of carboxylic acids is 1. The molecule has 0 aliphatic heterocycles. The summed E-state index contributed by atoms with van der Waals surface area (Å²) >= 11 is 0. The van der Waals surface area contributed by atoms with E-state index < -0.39 is 39.5 Å². The molecule has 13 nitrogen and oxygen atoms in total. The molecule has 2 atom stereocenters. The van der Waals surface area contributed by atoms with Crippen LogP contribution in [0.2, 0.25) is 0 Å². The molecule has 2 unspecified atom stereocenters. The number of aliphatic carboxylic acids is 1. The second-order valence-corrected chi connectivity index (χ2v) is 7.51. The summed E-state index contributed by atoms with van der Waals surface area (Å²) in [7, 11) is 0. The highest BCUT2D eigenvalue weighted by atomic mass is 79.9. The average molecular weight is 556 g/mol. The van der Waals surface area contributed by atoms with Gasteiger partial charge in [0.15, 0.2) is 0 Å². The Morgan fingerprint density at radius 3 is 2.26 bits per heavy atom. The van der Waals surface area contributed by atoms with Crippen molar-refractivity contribution in [3.05, 3.63) is 68.3 Å². The monoisotopic (exact) mass is 555 g/mol. The summed E-state index contributed by atoms with van der Waals surface area (Å²) in [5, 5.41) is 45.9. The number of rotatable bonds is 13. The Kier molecular flexibility index (Phi) is 11.5. The summed E-state index contributed by atoms with van der Waals surface area (Å²) in [6.07, 6.45) is 1.23. The molecule has 35 heavy (non-hydrogen) atoms. The molecule has 0 aliphatic carbocycles.